The molecule has 1 atom stereocenters. The van der Waals surface area contributed by atoms with E-state index in [1.165, 1.54) is 70.6 Å². The number of unbranched alkanes of at least 4 members (excludes halogenated alkanes) is 16. The lowest BCUT2D eigenvalue weighted by Crippen LogP contribution is -2.30. The zero-order valence-corrected chi connectivity index (χ0v) is 40.5. The standard InChI is InChI=1S/C57H92O6/c1-4-7-10-13-16-19-22-25-27-28-30-32-35-38-41-44-47-50-56(59)62-53-54(52-61-55(58)49-46-43-40-37-34-31-24-21-18-15-12-9-6-3)63-57(60)51-48-45-42-39-36-33-29-26-23-20-17-14-11-8-5-2/h7,10,16-17,19-20,23,25-27,30-32,34,38,40-41,43,54H,4-6,8-9,11-15,18,21-22,24,28-29,33,35-37,39,42,44-53H2,1-3H3/b10-7-,19-16-,20-17-,26-23-,27-25-,32-30-,34-31-,41-38-,43-40-. The third-order valence-electron chi connectivity index (χ3n) is 10.3. The fourth-order valence-electron chi connectivity index (χ4n) is 6.46. The van der Waals surface area contributed by atoms with Crippen LogP contribution in [0.2, 0.25) is 0 Å². The molecule has 0 heterocycles. The van der Waals surface area contributed by atoms with E-state index in [1.807, 2.05) is 6.08 Å². The number of hydrogen-bond acceptors (Lipinski definition) is 6. The van der Waals surface area contributed by atoms with E-state index < -0.39 is 6.10 Å². The minimum absolute atomic E-state index is 0.131. The van der Waals surface area contributed by atoms with Crippen LogP contribution in [0.25, 0.3) is 0 Å². The van der Waals surface area contributed by atoms with Crippen LogP contribution in [0.3, 0.4) is 0 Å². The largest absolute Gasteiger partial charge is 0.462 e. The molecule has 1 unspecified atom stereocenters. The molecule has 0 rings (SSSR count). The van der Waals surface area contributed by atoms with Crippen LogP contribution >= 0.6 is 0 Å². The first-order chi connectivity index (χ1) is 31.0. The summed E-state index contributed by atoms with van der Waals surface area (Å²) < 4.78 is 16.7. The maximum atomic E-state index is 12.8. The summed E-state index contributed by atoms with van der Waals surface area (Å²) in [6.07, 6.45) is 68.0. The van der Waals surface area contributed by atoms with Crippen LogP contribution in [-0.4, -0.2) is 37.2 Å². The van der Waals surface area contributed by atoms with Crippen LogP contribution in [0.15, 0.2) is 109 Å². The van der Waals surface area contributed by atoms with Crippen molar-refractivity contribution in [2.75, 3.05) is 13.2 Å². The minimum Gasteiger partial charge on any atom is -0.462 e. The lowest BCUT2D eigenvalue weighted by molar-refractivity contribution is -0.166. The van der Waals surface area contributed by atoms with Gasteiger partial charge in [0, 0.05) is 19.3 Å². The quantitative estimate of drug-likeness (QED) is 0.0199. The van der Waals surface area contributed by atoms with E-state index in [9.17, 15) is 14.4 Å². The predicted molar refractivity (Wildman–Crippen MR) is 270 cm³/mol. The lowest BCUT2D eigenvalue weighted by Gasteiger charge is -2.18. The molecule has 0 spiro atoms. The monoisotopic (exact) mass is 873 g/mol. The summed E-state index contributed by atoms with van der Waals surface area (Å²) in [6, 6.07) is 0. The van der Waals surface area contributed by atoms with Gasteiger partial charge >= 0.3 is 17.9 Å². The molecular weight excluding hydrogens is 781 g/mol. The molecule has 0 aliphatic carbocycles. The molecule has 0 saturated carbocycles. The summed E-state index contributed by atoms with van der Waals surface area (Å²) in [5, 5.41) is 0. The number of esters is 3. The van der Waals surface area contributed by atoms with E-state index in [2.05, 4.69) is 124 Å². The van der Waals surface area contributed by atoms with E-state index in [1.54, 1.807) is 0 Å². The van der Waals surface area contributed by atoms with Gasteiger partial charge < -0.3 is 14.2 Å². The van der Waals surface area contributed by atoms with E-state index in [0.29, 0.717) is 12.8 Å². The van der Waals surface area contributed by atoms with Crippen molar-refractivity contribution >= 4 is 17.9 Å². The number of carbonyl (C=O) groups excluding carboxylic acids is 3. The highest BCUT2D eigenvalue weighted by atomic mass is 16.6. The van der Waals surface area contributed by atoms with Crippen LogP contribution < -0.4 is 0 Å². The molecule has 0 aromatic rings. The van der Waals surface area contributed by atoms with Crippen LogP contribution in [0.4, 0.5) is 0 Å². The topological polar surface area (TPSA) is 78.9 Å². The van der Waals surface area contributed by atoms with Crippen molar-refractivity contribution in [1.29, 1.82) is 0 Å². The molecule has 6 nitrogen and oxygen atoms in total. The second kappa shape index (κ2) is 50.7. The average molecular weight is 873 g/mol. The van der Waals surface area contributed by atoms with Crippen LogP contribution in [-0.2, 0) is 28.6 Å². The average Bonchev–Trinajstić information content (AvgIpc) is 3.28. The first-order valence-corrected chi connectivity index (χ1v) is 25.4. The highest BCUT2D eigenvalue weighted by Gasteiger charge is 2.19. The van der Waals surface area contributed by atoms with Gasteiger partial charge in [-0.15, -0.1) is 0 Å². The lowest BCUT2D eigenvalue weighted by atomic mass is 10.1. The molecule has 356 valence electrons. The van der Waals surface area contributed by atoms with Crippen molar-refractivity contribution < 1.29 is 28.6 Å². The molecule has 0 amide bonds. The second-order valence-electron chi connectivity index (χ2n) is 16.4. The Morgan fingerprint density at radius 1 is 0.349 bits per heavy atom. The normalized spacial score (nSPS) is 13.0. The molecule has 0 bridgehead atoms. The van der Waals surface area contributed by atoms with E-state index in [-0.39, 0.29) is 50.4 Å². The van der Waals surface area contributed by atoms with Crippen molar-refractivity contribution in [3.8, 4) is 0 Å². The number of carbonyl (C=O) groups is 3. The first kappa shape index (κ1) is 59.1. The van der Waals surface area contributed by atoms with Gasteiger partial charge in [0.15, 0.2) is 6.10 Å². The van der Waals surface area contributed by atoms with Gasteiger partial charge in [0.05, 0.1) is 0 Å². The Morgan fingerprint density at radius 2 is 0.714 bits per heavy atom. The third-order valence-corrected chi connectivity index (χ3v) is 10.3. The van der Waals surface area contributed by atoms with Crippen molar-refractivity contribution in [3.05, 3.63) is 109 Å². The molecule has 0 radical (unpaired) electrons. The number of ether oxygens (including phenoxy) is 3. The maximum absolute atomic E-state index is 12.8. The number of hydrogen-bond donors (Lipinski definition) is 0. The summed E-state index contributed by atoms with van der Waals surface area (Å²) in [5.74, 6) is -1.07. The Bertz CT molecular complexity index is 1330. The van der Waals surface area contributed by atoms with Gasteiger partial charge in [0.1, 0.15) is 13.2 Å². The number of rotatable bonds is 44. The van der Waals surface area contributed by atoms with Gasteiger partial charge in [-0.05, 0) is 103 Å². The van der Waals surface area contributed by atoms with Gasteiger partial charge in [-0.2, -0.15) is 0 Å². The van der Waals surface area contributed by atoms with Gasteiger partial charge in [-0.1, -0.05) is 201 Å². The molecule has 0 aromatic carbocycles. The molecule has 0 saturated heterocycles. The Balaban J connectivity index is 4.58. The SMILES string of the molecule is CC/C=C\C/C=C\C/C=C\C/C=C\C/C=C\CCCC(=O)OCC(COC(=O)CC/C=C\C/C=C\CCCCCCCC)OC(=O)CCCCCCCC/C=C\C=C/CCCCC. The van der Waals surface area contributed by atoms with Crippen molar-refractivity contribution in [2.45, 2.75) is 219 Å². The number of allylic oxidation sites excluding steroid dienone is 18. The minimum atomic E-state index is -0.831. The molecule has 0 aromatic heterocycles. The summed E-state index contributed by atoms with van der Waals surface area (Å²) in [5.41, 5.74) is 0. The summed E-state index contributed by atoms with van der Waals surface area (Å²) in [4.78, 5) is 37.9. The maximum Gasteiger partial charge on any atom is 0.306 e. The van der Waals surface area contributed by atoms with Gasteiger partial charge in [0.2, 0.25) is 0 Å². The van der Waals surface area contributed by atoms with Crippen LogP contribution in [0.5, 0.6) is 0 Å². The van der Waals surface area contributed by atoms with Crippen LogP contribution in [0.1, 0.15) is 213 Å². The molecule has 0 aliphatic rings. The Kier molecular flexibility index (Phi) is 47.5. The first-order valence-electron chi connectivity index (χ1n) is 25.4. The van der Waals surface area contributed by atoms with E-state index >= 15 is 0 Å². The van der Waals surface area contributed by atoms with Gasteiger partial charge in [-0.25, -0.2) is 0 Å². The van der Waals surface area contributed by atoms with Gasteiger partial charge in [0.25, 0.3) is 0 Å². The molecule has 0 N–H and O–H groups in total. The Hall–Kier alpha value is -3.93. The summed E-state index contributed by atoms with van der Waals surface area (Å²) in [6.45, 7) is 6.35. The molecular formula is C57H92O6. The molecule has 6 heteroatoms. The van der Waals surface area contributed by atoms with Crippen LogP contribution in [0, 0.1) is 0 Å². The summed E-state index contributed by atoms with van der Waals surface area (Å²) >= 11 is 0. The van der Waals surface area contributed by atoms with E-state index in [4.69, 9.17) is 14.2 Å². The zero-order chi connectivity index (χ0) is 45.8. The second-order valence-corrected chi connectivity index (χ2v) is 16.4. The third kappa shape index (κ3) is 49.0. The predicted octanol–water partition coefficient (Wildman–Crippen LogP) is 16.8. The molecule has 0 aliphatic heterocycles. The zero-order valence-electron chi connectivity index (χ0n) is 40.5. The fraction of sp³-hybridized carbons (Fsp3) is 0.632. The highest BCUT2D eigenvalue weighted by molar-refractivity contribution is 5.71. The highest BCUT2D eigenvalue weighted by Crippen LogP contribution is 2.12. The fourth-order valence-corrected chi connectivity index (χ4v) is 6.46. The molecule has 63 heavy (non-hydrogen) atoms. The Labute approximate surface area is 387 Å². The van der Waals surface area contributed by atoms with Crippen molar-refractivity contribution in [2.24, 2.45) is 0 Å². The van der Waals surface area contributed by atoms with Crippen molar-refractivity contribution in [3.63, 3.8) is 0 Å². The molecule has 0 fully saturated rings. The van der Waals surface area contributed by atoms with E-state index in [0.717, 1.165) is 89.9 Å². The van der Waals surface area contributed by atoms with Crippen molar-refractivity contribution in [1.82, 2.24) is 0 Å². The van der Waals surface area contributed by atoms with Gasteiger partial charge in [-0.3, -0.25) is 14.4 Å². The summed E-state index contributed by atoms with van der Waals surface area (Å²) in [7, 11) is 0. The Morgan fingerprint density at radius 3 is 1.24 bits per heavy atom. The smallest absolute Gasteiger partial charge is 0.306 e.